The van der Waals surface area contributed by atoms with Gasteiger partial charge >= 0.3 is 5.97 Å². The maximum absolute atomic E-state index is 11.6. The van der Waals surface area contributed by atoms with Gasteiger partial charge in [-0.2, -0.15) is 0 Å². The average Bonchev–Trinajstić information content (AvgIpc) is 2.30. The summed E-state index contributed by atoms with van der Waals surface area (Å²) in [6.45, 7) is 3.47. The third kappa shape index (κ3) is 4.29. The first-order chi connectivity index (χ1) is 8.41. The minimum atomic E-state index is -1.01. The first kappa shape index (κ1) is 14.9. The number of carboxylic acids is 1. The van der Waals surface area contributed by atoms with Crippen LogP contribution >= 0.6 is 22.6 Å². The molecule has 98 valence electrons. The smallest absolute Gasteiger partial charge is 0.326 e. The zero-order chi connectivity index (χ0) is 13.7. The third-order valence-electron chi connectivity index (χ3n) is 2.52. The predicted octanol–water partition coefficient (Wildman–Crippen LogP) is 2.06. The van der Waals surface area contributed by atoms with Crippen molar-refractivity contribution < 1.29 is 14.7 Å². The molecular weight excluding hydrogens is 345 g/mol. The van der Waals surface area contributed by atoms with Gasteiger partial charge in [0.05, 0.1) is 0 Å². The SMILES string of the molecule is CC(C)C(=O)N[C@H](Cc1ccccc1I)C(=O)O. The second kappa shape index (κ2) is 6.72. The fourth-order valence-electron chi connectivity index (χ4n) is 1.42. The maximum Gasteiger partial charge on any atom is 0.326 e. The number of nitrogens with one attached hydrogen (secondary N) is 1. The second-order valence-electron chi connectivity index (χ2n) is 4.35. The van der Waals surface area contributed by atoms with E-state index < -0.39 is 12.0 Å². The molecule has 1 aromatic rings. The van der Waals surface area contributed by atoms with Crippen LogP contribution in [-0.2, 0) is 16.0 Å². The minimum Gasteiger partial charge on any atom is -0.480 e. The van der Waals surface area contributed by atoms with Crippen molar-refractivity contribution in [2.45, 2.75) is 26.3 Å². The summed E-state index contributed by atoms with van der Waals surface area (Å²) in [5, 5.41) is 11.7. The van der Waals surface area contributed by atoms with Crippen molar-refractivity contribution in [3.05, 3.63) is 33.4 Å². The van der Waals surface area contributed by atoms with Crippen LogP contribution in [0.15, 0.2) is 24.3 Å². The first-order valence-electron chi connectivity index (χ1n) is 5.68. The third-order valence-corrected chi connectivity index (χ3v) is 3.57. The van der Waals surface area contributed by atoms with E-state index in [4.69, 9.17) is 5.11 Å². The van der Waals surface area contributed by atoms with Crippen LogP contribution < -0.4 is 5.32 Å². The van der Waals surface area contributed by atoms with Gasteiger partial charge in [-0.1, -0.05) is 32.0 Å². The highest BCUT2D eigenvalue weighted by Gasteiger charge is 2.22. The lowest BCUT2D eigenvalue weighted by Crippen LogP contribution is -2.44. The number of amides is 1. The molecule has 0 fully saturated rings. The van der Waals surface area contributed by atoms with Crippen molar-refractivity contribution in [3.63, 3.8) is 0 Å². The van der Waals surface area contributed by atoms with E-state index in [0.29, 0.717) is 6.42 Å². The Kier molecular flexibility index (Phi) is 5.58. The molecule has 0 unspecified atom stereocenters. The van der Waals surface area contributed by atoms with Crippen molar-refractivity contribution in [2.75, 3.05) is 0 Å². The fourth-order valence-corrected chi connectivity index (χ4v) is 2.03. The van der Waals surface area contributed by atoms with E-state index in [0.717, 1.165) is 9.13 Å². The summed E-state index contributed by atoms with van der Waals surface area (Å²) < 4.78 is 1.00. The van der Waals surface area contributed by atoms with E-state index in [-0.39, 0.29) is 11.8 Å². The highest BCUT2D eigenvalue weighted by Crippen LogP contribution is 2.13. The van der Waals surface area contributed by atoms with Crippen LogP contribution in [0.1, 0.15) is 19.4 Å². The van der Waals surface area contributed by atoms with Gasteiger partial charge in [-0.25, -0.2) is 4.79 Å². The summed E-state index contributed by atoms with van der Waals surface area (Å²) in [6, 6.07) is 6.67. The Hall–Kier alpha value is -1.11. The number of halogens is 1. The summed E-state index contributed by atoms with van der Waals surface area (Å²) in [6.07, 6.45) is 0.299. The van der Waals surface area contributed by atoms with E-state index in [1.165, 1.54) is 0 Å². The zero-order valence-electron chi connectivity index (χ0n) is 10.3. The van der Waals surface area contributed by atoms with Gasteiger partial charge in [-0.05, 0) is 34.2 Å². The van der Waals surface area contributed by atoms with E-state index in [2.05, 4.69) is 27.9 Å². The molecule has 0 aliphatic heterocycles. The molecule has 18 heavy (non-hydrogen) atoms. The monoisotopic (exact) mass is 361 g/mol. The van der Waals surface area contributed by atoms with Crippen LogP contribution in [-0.4, -0.2) is 23.0 Å². The molecule has 1 atom stereocenters. The standard InChI is InChI=1S/C13H16INO3/c1-8(2)12(16)15-11(13(17)18)7-9-5-3-4-6-10(9)14/h3-6,8,11H,7H2,1-2H3,(H,15,16)(H,17,18)/t11-/m1/s1. The number of benzene rings is 1. The molecule has 0 bridgehead atoms. The number of hydrogen-bond acceptors (Lipinski definition) is 2. The zero-order valence-corrected chi connectivity index (χ0v) is 12.5. The van der Waals surface area contributed by atoms with Crippen LogP contribution in [0.4, 0.5) is 0 Å². The summed E-state index contributed by atoms with van der Waals surface area (Å²) >= 11 is 2.16. The molecule has 0 heterocycles. The molecule has 0 spiro atoms. The summed E-state index contributed by atoms with van der Waals surface area (Å²) in [4.78, 5) is 22.7. The number of hydrogen-bond donors (Lipinski definition) is 2. The van der Waals surface area contributed by atoms with Crippen LogP contribution in [0.5, 0.6) is 0 Å². The Morgan fingerprint density at radius 2 is 1.94 bits per heavy atom. The number of carbonyl (C=O) groups excluding carboxylic acids is 1. The van der Waals surface area contributed by atoms with Crippen LogP contribution in [0, 0.1) is 9.49 Å². The quantitative estimate of drug-likeness (QED) is 0.789. The van der Waals surface area contributed by atoms with Crippen molar-refractivity contribution >= 4 is 34.5 Å². The molecule has 0 saturated heterocycles. The molecule has 0 aliphatic rings. The predicted molar refractivity (Wildman–Crippen MR) is 77.3 cm³/mol. The highest BCUT2D eigenvalue weighted by atomic mass is 127. The Bertz CT molecular complexity index is 446. The highest BCUT2D eigenvalue weighted by molar-refractivity contribution is 14.1. The number of carboxylic acid groups (broad SMARTS) is 1. The second-order valence-corrected chi connectivity index (χ2v) is 5.51. The van der Waals surface area contributed by atoms with Gasteiger partial charge in [0.25, 0.3) is 0 Å². The Labute approximate surface area is 120 Å². The molecule has 0 saturated carbocycles. The Balaban J connectivity index is 2.79. The van der Waals surface area contributed by atoms with E-state index in [1.54, 1.807) is 13.8 Å². The molecule has 0 aliphatic carbocycles. The molecule has 0 aromatic heterocycles. The molecule has 1 aromatic carbocycles. The van der Waals surface area contributed by atoms with Crippen molar-refractivity contribution in [3.8, 4) is 0 Å². The van der Waals surface area contributed by atoms with Crippen molar-refractivity contribution in [1.82, 2.24) is 5.32 Å². The van der Waals surface area contributed by atoms with Crippen LogP contribution in [0.2, 0.25) is 0 Å². The summed E-state index contributed by atoms with van der Waals surface area (Å²) in [5.74, 6) is -1.47. The van der Waals surface area contributed by atoms with Crippen LogP contribution in [0.25, 0.3) is 0 Å². The summed E-state index contributed by atoms with van der Waals surface area (Å²) in [5.41, 5.74) is 0.926. The number of rotatable bonds is 5. The molecule has 4 nitrogen and oxygen atoms in total. The Morgan fingerprint density at radius 1 is 1.33 bits per heavy atom. The van der Waals surface area contributed by atoms with Gasteiger partial charge in [-0.3, -0.25) is 4.79 Å². The van der Waals surface area contributed by atoms with Gasteiger partial charge in [0.1, 0.15) is 6.04 Å². The molecule has 0 radical (unpaired) electrons. The van der Waals surface area contributed by atoms with Gasteiger partial charge in [0, 0.05) is 15.9 Å². The van der Waals surface area contributed by atoms with Crippen molar-refractivity contribution in [1.29, 1.82) is 0 Å². The van der Waals surface area contributed by atoms with Crippen molar-refractivity contribution in [2.24, 2.45) is 5.92 Å². The summed E-state index contributed by atoms with van der Waals surface area (Å²) in [7, 11) is 0. The number of carbonyl (C=O) groups is 2. The average molecular weight is 361 g/mol. The largest absolute Gasteiger partial charge is 0.480 e. The van der Waals surface area contributed by atoms with E-state index >= 15 is 0 Å². The molecule has 1 rings (SSSR count). The number of aliphatic carboxylic acids is 1. The molecular formula is C13H16INO3. The van der Waals surface area contributed by atoms with Gasteiger partial charge in [-0.15, -0.1) is 0 Å². The fraction of sp³-hybridized carbons (Fsp3) is 0.385. The van der Waals surface area contributed by atoms with Crippen LogP contribution in [0.3, 0.4) is 0 Å². The van der Waals surface area contributed by atoms with E-state index in [1.807, 2.05) is 24.3 Å². The normalized spacial score (nSPS) is 12.2. The lowest BCUT2D eigenvalue weighted by atomic mass is 10.1. The molecule has 2 N–H and O–H groups in total. The van der Waals surface area contributed by atoms with Gasteiger partial charge in [0.15, 0.2) is 0 Å². The Morgan fingerprint density at radius 3 is 2.44 bits per heavy atom. The lowest BCUT2D eigenvalue weighted by molar-refractivity contribution is -0.142. The van der Waals surface area contributed by atoms with E-state index in [9.17, 15) is 9.59 Å². The topological polar surface area (TPSA) is 66.4 Å². The first-order valence-corrected chi connectivity index (χ1v) is 6.76. The lowest BCUT2D eigenvalue weighted by Gasteiger charge is -2.16. The van der Waals surface area contributed by atoms with Gasteiger partial charge < -0.3 is 10.4 Å². The maximum atomic E-state index is 11.6. The molecule has 5 heteroatoms. The van der Waals surface area contributed by atoms with Gasteiger partial charge in [0.2, 0.25) is 5.91 Å². The molecule has 1 amide bonds. The minimum absolute atomic E-state index is 0.221.